The Morgan fingerprint density at radius 1 is 1.07 bits per heavy atom. The van der Waals surface area contributed by atoms with E-state index < -0.39 is 0 Å². The van der Waals surface area contributed by atoms with Crippen LogP contribution in [0.1, 0.15) is 48.2 Å². The summed E-state index contributed by atoms with van der Waals surface area (Å²) in [6.45, 7) is 6.37. The third-order valence-corrected chi connectivity index (χ3v) is 5.15. The van der Waals surface area contributed by atoms with Gasteiger partial charge in [-0.15, -0.1) is 0 Å². The minimum absolute atomic E-state index is 0.0634. The number of benzene rings is 2. The molecule has 1 aliphatic heterocycles. The van der Waals surface area contributed by atoms with E-state index >= 15 is 0 Å². The molecular formula is C23H24N4O. The molecular weight excluding hydrogens is 348 g/mol. The summed E-state index contributed by atoms with van der Waals surface area (Å²) in [4.78, 5) is 23.7. The molecule has 1 unspecified atom stereocenters. The van der Waals surface area contributed by atoms with Crippen LogP contribution in [0.5, 0.6) is 0 Å². The maximum Gasteiger partial charge on any atom is 0.261 e. The van der Waals surface area contributed by atoms with Crippen molar-refractivity contribution in [2.75, 3.05) is 10.2 Å². The summed E-state index contributed by atoms with van der Waals surface area (Å²) in [5.41, 5.74) is 4.86. The Labute approximate surface area is 165 Å². The van der Waals surface area contributed by atoms with E-state index in [1.807, 2.05) is 41.3 Å². The van der Waals surface area contributed by atoms with E-state index in [4.69, 9.17) is 0 Å². The molecule has 142 valence electrons. The number of anilines is 3. The maximum atomic E-state index is 13.1. The minimum atomic E-state index is -0.0634. The zero-order valence-corrected chi connectivity index (χ0v) is 16.4. The van der Waals surface area contributed by atoms with Gasteiger partial charge in [0.15, 0.2) is 0 Å². The summed E-state index contributed by atoms with van der Waals surface area (Å²) < 4.78 is 0. The molecule has 1 aliphatic rings. The monoisotopic (exact) mass is 372 g/mol. The van der Waals surface area contributed by atoms with Crippen LogP contribution in [-0.4, -0.2) is 21.9 Å². The lowest BCUT2D eigenvalue weighted by Crippen LogP contribution is -2.35. The van der Waals surface area contributed by atoms with Gasteiger partial charge in [-0.1, -0.05) is 50.2 Å². The molecule has 5 heteroatoms. The average molecular weight is 372 g/mol. The van der Waals surface area contributed by atoms with Crippen LogP contribution in [0, 0.1) is 0 Å². The standard InChI is InChI=1S/C23H24N4O/c1-15(2)19-9-5-6-10-20(19)26-23-24-13-18(14-25-23)22(28)27-16(3)12-17-8-4-7-11-21(17)27/h4-11,13-16H,12H2,1-3H3,(H,24,25,26). The van der Waals surface area contributed by atoms with Crippen molar-refractivity contribution in [2.45, 2.75) is 39.2 Å². The van der Waals surface area contributed by atoms with E-state index in [0.29, 0.717) is 17.4 Å². The van der Waals surface area contributed by atoms with Gasteiger partial charge in [-0.25, -0.2) is 9.97 Å². The van der Waals surface area contributed by atoms with E-state index in [1.54, 1.807) is 12.4 Å². The van der Waals surface area contributed by atoms with Gasteiger partial charge >= 0.3 is 0 Å². The average Bonchev–Trinajstić information content (AvgIpc) is 3.04. The molecule has 0 radical (unpaired) electrons. The fourth-order valence-electron chi connectivity index (χ4n) is 3.75. The van der Waals surface area contributed by atoms with Crippen LogP contribution in [0.2, 0.25) is 0 Å². The van der Waals surface area contributed by atoms with Crippen molar-refractivity contribution in [3.05, 3.63) is 77.6 Å². The Morgan fingerprint density at radius 3 is 2.50 bits per heavy atom. The van der Waals surface area contributed by atoms with Crippen molar-refractivity contribution in [2.24, 2.45) is 0 Å². The van der Waals surface area contributed by atoms with Crippen LogP contribution in [0.15, 0.2) is 60.9 Å². The topological polar surface area (TPSA) is 58.1 Å². The first-order chi connectivity index (χ1) is 13.5. The number of aromatic nitrogens is 2. The van der Waals surface area contributed by atoms with Gasteiger partial charge in [0.05, 0.1) is 5.56 Å². The Kier molecular flexibility index (Phi) is 4.82. The highest BCUT2D eigenvalue weighted by Gasteiger charge is 2.31. The highest BCUT2D eigenvalue weighted by atomic mass is 16.2. The molecule has 0 saturated carbocycles. The molecule has 5 nitrogen and oxygen atoms in total. The highest BCUT2D eigenvalue weighted by Crippen LogP contribution is 2.33. The number of amides is 1. The molecule has 4 rings (SSSR count). The molecule has 0 bridgehead atoms. The molecule has 0 spiro atoms. The maximum absolute atomic E-state index is 13.1. The molecule has 1 aromatic heterocycles. The quantitative estimate of drug-likeness (QED) is 0.705. The van der Waals surface area contributed by atoms with Crippen molar-refractivity contribution < 1.29 is 4.79 Å². The van der Waals surface area contributed by atoms with Crippen molar-refractivity contribution in [3.63, 3.8) is 0 Å². The number of para-hydroxylation sites is 2. The van der Waals surface area contributed by atoms with E-state index in [1.165, 1.54) is 11.1 Å². The van der Waals surface area contributed by atoms with Gasteiger partial charge in [0, 0.05) is 29.8 Å². The second-order valence-corrected chi connectivity index (χ2v) is 7.52. The first kappa shape index (κ1) is 18.2. The van der Waals surface area contributed by atoms with Crippen molar-refractivity contribution in [1.82, 2.24) is 9.97 Å². The predicted octanol–water partition coefficient (Wildman–Crippen LogP) is 4.94. The lowest BCUT2D eigenvalue weighted by molar-refractivity contribution is 0.0981. The van der Waals surface area contributed by atoms with Gasteiger partial charge in [0.2, 0.25) is 5.95 Å². The lowest BCUT2D eigenvalue weighted by atomic mass is 10.0. The van der Waals surface area contributed by atoms with Crippen LogP contribution in [0.4, 0.5) is 17.3 Å². The first-order valence-corrected chi connectivity index (χ1v) is 9.64. The van der Waals surface area contributed by atoms with Crippen LogP contribution in [-0.2, 0) is 6.42 Å². The fraction of sp³-hybridized carbons (Fsp3) is 0.261. The minimum Gasteiger partial charge on any atom is -0.324 e. The number of carbonyl (C=O) groups excluding carboxylic acids is 1. The van der Waals surface area contributed by atoms with E-state index in [0.717, 1.165) is 17.8 Å². The number of nitrogens with one attached hydrogen (secondary N) is 1. The van der Waals surface area contributed by atoms with Crippen molar-refractivity contribution in [3.8, 4) is 0 Å². The van der Waals surface area contributed by atoms with Crippen LogP contribution in [0.25, 0.3) is 0 Å². The largest absolute Gasteiger partial charge is 0.324 e. The molecule has 2 heterocycles. The third-order valence-electron chi connectivity index (χ3n) is 5.15. The summed E-state index contributed by atoms with van der Waals surface area (Å²) in [7, 11) is 0. The second-order valence-electron chi connectivity index (χ2n) is 7.52. The number of nitrogens with zero attached hydrogens (tertiary/aromatic N) is 3. The predicted molar refractivity (Wildman–Crippen MR) is 112 cm³/mol. The van der Waals surface area contributed by atoms with Gasteiger partial charge < -0.3 is 10.2 Å². The molecule has 2 aromatic carbocycles. The van der Waals surface area contributed by atoms with Gasteiger partial charge in [-0.3, -0.25) is 4.79 Å². The normalized spacial score (nSPS) is 15.6. The van der Waals surface area contributed by atoms with E-state index in [9.17, 15) is 4.79 Å². The summed E-state index contributed by atoms with van der Waals surface area (Å²) in [6, 6.07) is 16.3. The Bertz CT molecular complexity index is 997. The molecule has 1 N–H and O–H groups in total. The molecule has 0 aliphatic carbocycles. The smallest absolute Gasteiger partial charge is 0.261 e. The Morgan fingerprint density at radius 2 is 1.75 bits per heavy atom. The van der Waals surface area contributed by atoms with Gasteiger partial charge in [-0.05, 0) is 42.5 Å². The van der Waals surface area contributed by atoms with Crippen molar-refractivity contribution in [1.29, 1.82) is 0 Å². The Hall–Kier alpha value is -3.21. The van der Waals surface area contributed by atoms with Gasteiger partial charge in [0.25, 0.3) is 5.91 Å². The molecule has 0 saturated heterocycles. The molecule has 1 atom stereocenters. The number of carbonyl (C=O) groups is 1. The number of hydrogen-bond acceptors (Lipinski definition) is 4. The van der Waals surface area contributed by atoms with Gasteiger partial charge in [-0.2, -0.15) is 0 Å². The highest BCUT2D eigenvalue weighted by molar-refractivity contribution is 6.07. The summed E-state index contributed by atoms with van der Waals surface area (Å²) >= 11 is 0. The summed E-state index contributed by atoms with van der Waals surface area (Å²) in [5.74, 6) is 0.812. The molecule has 1 amide bonds. The van der Waals surface area contributed by atoms with Crippen LogP contribution in [0.3, 0.4) is 0 Å². The fourth-order valence-corrected chi connectivity index (χ4v) is 3.75. The van der Waals surface area contributed by atoms with E-state index in [2.05, 4.69) is 48.2 Å². The number of fused-ring (bicyclic) bond motifs is 1. The van der Waals surface area contributed by atoms with Crippen LogP contribution < -0.4 is 10.2 Å². The lowest BCUT2D eigenvalue weighted by Gasteiger charge is -2.22. The zero-order valence-electron chi connectivity index (χ0n) is 16.4. The SMILES string of the molecule is CC(C)c1ccccc1Nc1ncc(C(=O)N2c3ccccc3CC2C)cn1. The third kappa shape index (κ3) is 3.36. The number of hydrogen-bond donors (Lipinski definition) is 1. The number of rotatable bonds is 4. The molecule has 0 fully saturated rings. The summed E-state index contributed by atoms with van der Waals surface area (Å²) in [6.07, 6.45) is 4.07. The first-order valence-electron chi connectivity index (χ1n) is 9.64. The van der Waals surface area contributed by atoms with Crippen molar-refractivity contribution >= 4 is 23.2 Å². The zero-order chi connectivity index (χ0) is 19.7. The Balaban J connectivity index is 1.55. The van der Waals surface area contributed by atoms with Crippen LogP contribution >= 0.6 is 0 Å². The second kappa shape index (κ2) is 7.43. The molecule has 3 aromatic rings. The molecule has 28 heavy (non-hydrogen) atoms. The summed E-state index contributed by atoms with van der Waals surface area (Å²) in [5, 5.41) is 3.27. The van der Waals surface area contributed by atoms with E-state index in [-0.39, 0.29) is 11.9 Å². The van der Waals surface area contributed by atoms with Gasteiger partial charge in [0.1, 0.15) is 0 Å².